The second-order valence-corrected chi connectivity index (χ2v) is 6.15. The molecule has 0 spiro atoms. The Labute approximate surface area is 175 Å². The number of hydrogen-bond acceptors (Lipinski definition) is 8. The zero-order valence-corrected chi connectivity index (χ0v) is 15.6. The first-order valence-corrected chi connectivity index (χ1v) is 8.49. The number of nitrogens with zero attached hydrogens (tertiary/aromatic N) is 5. The highest BCUT2D eigenvalue weighted by Crippen LogP contribution is 2.34. The van der Waals surface area contributed by atoms with Crippen LogP contribution in [0.4, 0.5) is 30.5 Å². The van der Waals surface area contributed by atoms with E-state index in [1.165, 1.54) is 6.07 Å². The number of aromatic nitrogens is 3. The molecule has 0 unspecified atom stereocenters. The molecule has 0 atom stereocenters. The fourth-order valence-corrected chi connectivity index (χ4v) is 2.48. The zero-order valence-electron chi connectivity index (χ0n) is 15.6. The predicted octanol–water partition coefficient (Wildman–Crippen LogP) is 3.54. The zero-order chi connectivity index (χ0) is 23.5. The van der Waals surface area contributed by atoms with Crippen molar-refractivity contribution in [1.29, 1.82) is 0 Å². The Morgan fingerprint density at radius 1 is 1.09 bits per heavy atom. The average Bonchev–Trinajstić information content (AvgIpc) is 3.16. The van der Waals surface area contributed by atoms with Gasteiger partial charge in [0, 0.05) is 17.2 Å². The molecule has 12 nitrogen and oxygen atoms in total. The number of hydrogen-bond donors (Lipinski definition) is 1. The number of alkyl halides is 3. The van der Waals surface area contributed by atoms with Gasteiger partial charge in [0.15, 0.2) is 0 Å². The molecule has 1 heterocycles. The van der Waals surface area contributed by atoms with E-state index < -0.39 is 45.7 Å². The minimum absolute atomic E-state index is 0.0965. The van der Waals surface area contributed by atoms with Gasteiger partial charge in [0.05, 0.1) is 22.2 Å². The van der Waals surface area contributed by atoms with Crippen molar-refractivity contribution in [3.05, 3.63) is 74.6 Å². The summed E-state index contributed by atoms with van der Waals surface area (Å²) in [6.07, 6.45) is -3.66. The fourth-order valence-electron chi connectivity index (χ4n) is 2.48. The van der Waals surface area contributed by atoms with Crippen molar-refractivity contribution in [2.45, 2.75) is 12.7 Å². The summed E-state index contributed by atoms with van der Waals surface area (Å²) >= 11 is 0. The molecule has 2 aromatic carbocycles. The number of non-ortho nitro benzene ring substituents is 1. The molecule has 3 rings (SSSR count). The quantitative estimate of drug-likeness (QED) is 0.421. The first-order chi connectivity index (χ1) is 15.0. The molecule has 0 saturated carbocycles. The van der Waals surface area contributed by atoms with E-state index in [0.29, 0.717) is 6.07 Å². The van der Waals surface area contributed by atoms with Gasteiger partial charge in [0.1, 0.15) is 18.0 Å². The van der Waals surface area contributed by atoms with Crippen LogP contribution in [0.15, 0.2) is 48.8 Å². The van der Waals surface area contributed by atoms with Crippen molar-refractivity contribution in [2.24, 2.45) is 0 Å². The van der Waals surface area contributed by atoms with Crippen LogP contribution in [0, 0.1) is 20.2 Å². The summed E-state index contributed by atoms with van der Waals surface area (Å²) in [6, 6.07) is 7.01. The van der Waals surface area contributed by atoms with Crippen molar-refractivity contribution in [3.8, 4) is 11.5 Å². The molecule has 1 amide bonds. The van der Waals surface area contributed by atoms with E-state index in [1.54, 1.807) is 0 Å². The van der Waals surface area contributed by atoms with Crippen LogP contribution in [0.1, 0.15) is 5.56 Å². The Morgan fingerprint density at radius 3 is 2.47 bits per heavy atom. The Morgan fingerprint density at radius 2 is 1.84 bits per heavy atom. The normalized spacial score (nSPS) is 11.1. The van der Waals surface area contributed by atoms with Crippen LogP contribution < -0.4 is 10.1 Å². The molecule has 0 saturated heterocycles. The number of carbonyl (C=O) groups is 1. The van der Waals surface area contributed by atoms with Gasteiger partial charge in [-0.05, 0) is 23.1 Å². The van der Waals surface area contributed by atoms with Crippen LogP contribution in [0.3, 0.4) is 0 Å². The molecule has 0 bridgehead atoms. The minimum Gasteiger partial charge on any atom is -0.457 e. The van der Waals surface area contributed by atoms with Gasteiger partial charge < -0.3 is 20.2 Å². The van der Waals surface area contributed by atoms with Gasteiger partial charge in [0.2, 0.25) is 12.2 Å². The molecule has 166 valence electrons. The van der Waals surface area contributed by atoms with Crippen molar-refractivity contribution in [3.63, 3.8) is 0 Å². The van der Waals surface area contributed by atoms with Gasteiger partial charge in [-0.15, -0.1) is 0 Å². The summed E-state index contributed by atoms with van der Waals surface area (Å²) in [6.45, 7) is -0.493. The van der Waals surface area contributed by atoms with E-state index in [4.69, 9.17) is 4.74 Å². The third-order valence-corrected chi connectivity index (χ3v) is 3.78. The van der Waals surface area contributed by atoms with E-state index in [9.17, 15) is 38.2 Å². The van der Waals surface area contributed by atoms with E-state index >= 15 is 0 Å². The van der Waals surface area contributed by atoms with E-state index in [-0.39, 0.29) is 17.2 Å². The van der Waals surface area contributed by atoms with Crippen LogP contribution in [0.5, 0.6) is 11.5 Å². The Balaban J connectivity index is 1.80. The van der Waals surface area contributed by atoms with E-state index in [0.717, 1.165) is 41.3 Å². The van der Waals surface area contributed by atoms with Gasteiger partial charge in [0.25, 0.3) is 5.69 Å². The SMILES string of the molecule is O=C(Cn1cnc([N+](=O)[O-])n1)Nc1cc(Oc2cccc(C(F)(F)F)c2)cc([N+](=O)[O-])c1. The third kappa shape index (κ3) is 5.53. The average molecular weight is 452 g/mol. The lowest BCUT2D eigenvalue weighted by Gasteiger charge is -2.11. The fraction of sp³-hybridized carbons (Fsp3) is 0.118. The van der Waals surface area contributed by atoms with Crippen molar-refractivity contribution >= 4 is 23.2 Å². The Bertz CT molecular complexity index is 1200. The summed E-state index contributed by atoms with van der Waals surface area (Å²) < 4.78 is 44.8. The number of carbonyl (C=O) groups excluding carboxylic acids is 1. The monoisotopic (exact) mass is 452 g/mol. The number of nitrogens with one attached hydrogen (secondary N) is 1. The first kappa shape index (κ1) is 22.1. The highest BCUT2D eigenvalue weighted by atomic mass is 19.4. The van der Waals surface area contributed by atoms with Gasteiger partial charge in [-0.1, -0.05) is 11.1 Å². The van der Waals surface area contributed by atoms with E-state index in [1.807, 2.05) is 0 Å². The minimum atomic E-state index is -4.61. The number of halogens is 3. The van der Waals surface area contributed by atoms with Crippen LogP contribution in [-0.2, 0) is 17.5 Å². The maximum Gasteiger partial charge on any atom is 0.490 e. The van der Waals surface area contributed by atoms with Gasteiger partial charge >= 0.3 is 12.1 Å². The predicted molar refractivity (Wildman–Crippen MR) is 99.9 cm³/mol. The molecule has 0 aliphatic rings. The van der Waals surface area contributed by atoms with E-state index in [2.05, 4.69) is 15.4 Å². The number of nitro benzene ring substituents is 1. The lowest BCUT2D eigenvalue weighted by molar-refractivity contribution is -0.394. The highest BCUT2D eigenvalue weighted by molar-refractivity contribution is 5.91. The maximum absolute atomic E-state index is 12.9. The van der Waals surface area contributed by atoms with Crippen molar-refractivity contribution < 1.29 is 32.5 Å². The topological polar surface area (TPSA) is 155 Å². The molecular formula is C17H11F3N6O6. The van der Waals surface area contributed by atoms with Gasteiger partial charge in [-0.3, -0.25) is 14.9 Å². The summed E-state index contributed by atoms with van der Waals surface area (Å²) in [5, 5.41) is 27.6. The molecule has 0 radical (unpaired) electrons. The lowest BCUT2D eigenvalue weighted by atomic mass is 10.2. The summed E-state index contributed by atoms with van der Waals surface area (Å²) in [5.74, 6) is -1.90. The molecule has 0 aliphatic heterocycles. The van der Waals surface area contributed by atoms with Crippen LogP contribution in [0.2, 0.25) is 0 Å². The molecule has 3 aromatic rings. The van der Waals surface area contributed by atoms with Gasteiger partial charge in [-0.25, -0.2) is 0 Å². The molecule has 1 N–H and O–H groups in total. The van der Waals surface area contributed by atoms with Gasteiger partial charge in [-0.2, -0.15) is 17.9 Å². The largest absolute Gasteiger partial charge is 0.490 e. The molecule has 0 fully saturated rings. The Hall–Kier alpha value is -4.56. The number of rotatable bonds is 7. The number of amides is 1. The second-order valence-electron chi connectivity index (χ2n) is 6.15. The molecule has 32 heavy (non-hydrogen) atoms. The second kappa shape index (κ2) is 8.66. The third-order valence-electron chi connectivity index (χ3n) is 3.78. The van der Waals surface area contributed by atoms with Crippen molar-refractivity contribution in [2.75, 3.05) is 5.32 Å². The number of anilines is 1. The number of ether oxygens (including phenoxy) is 1. The maximum atomic E-state index is 12.9. The molecule has 15 heteroatoms. The highest BCUT2D eigenvalue weighted by Gasteiger charge is 2.30. The molecule has 0 aliphatic carbocycles. The molecule has 1 aromatic heterocycles. The summed E-state index contributed by atoms with van der Waals surface area (Å²) in [5.41, 5.74) is -1.57. The standard InChI is InChI=1S/C17H11F3N6O6/c18-17(19,20)10-2-1-3-13(4-10)32-14-6-11(5-12(7-14)25(28)29)22-15(27)8-24-9-21-16(23-24)26(30)31/h1-7,9H,8H2,(H,22,27). The summed E-state index contributed by atoms with van der Waals surface area (Å²) in [4.78, 5) is 35.7. The van der Waals surface area contributed by atoms with Crippen LogP contribution in [0.25, 0.3) is 0 Å². The number of benzene rings is 2. The summed E-state index contributed by atoms with van der Waals surface area (Å²) in [7, 11) is 0. The van der Waals surface area contributed by atoms with Crippen LogP contribution in [-0.4, -0.2) is 30.5 Å². The lowest BCUT2D eigenvalue weighted by Crippen LogP contribution is -2.19. The molecular weight excluding hydrogens is 441 g/mol. The van der Waals surface area contributed by atoms with Crippen LogP contribution >= 0.6 is 0 Å². The smallest absolute Gasteiger partial charge is 0.457 e. The Kier molecular flexibility index (Phi) is 5.99. The first-order valence-electron chi connectivity index (χ1n) is 8.49. The van der Waals surface area contributed by atoms with Crippen molar-refractivity contribution in [1.82, 2.24) is 14.8 Å². The number of nitro groups is 2.